The molecule has 0 aromatic rings. The fraction of sp³-hybridized carbons (Fsp3) is 0.650. The highest BCUT2D eigenvalue weighted by atomic mass is 16.6. The minimum atomic E-state index is -1.18. The van der Waals surface area contributed by atoms with Gasteiger partial charge in [-0.15, -0.1) is 0 Å². The first-order chi connectivity index (χ1) is 18.8. The lowest BCUT2D eigenvalue weighted by atomic mass is 10.2. The maximum atomic E-state index is 11.1. The second-order valence-electron chi connectivity index (χ2n) is 7.65. The quantitative estimate of drug-likeness (QED) is 0.0290. The summed E-state index contributed by atoms with van der Waals surface area (Å²) >= 11 is 0. The van der Waals surface area contributed by atoms with Crippen LogP contribution in [-0.4, -0.2) is 113 Å². The van der Waals surface area contributed by atoms with Crippen LogP contribution < -0.4 is 51.6 Å². The molecule has 240 valence electrons. The molecule has 0 aliphatic heterocycles. The molecule has 0 aromatic carbocycles. The zero-order valence-electron chi connectivity index (χ0n) is 22.8. The van der Waals surface area contributed by atoms with Crippen LogP contribution in [0.5, 0.6) is 0 Å². The molecule has 22 N–H and O–H groups in total. The van der Waals surface area contributed by atoms with Gasteiger partial charge >= 0.3 is 29.8 Å². The van der Waals surface area contributed by atoms with Crippen LogP contribution in [0.1, 0.15) is 32.6 Å². The summed E-state index contributed by atoms with van der Waals surface area (Å²) in [4.78, 5) is 58.5. The molecular weight excluding hydrogens is 554 g/mol. The third-order valence-electron chi connectivity index (χ3n) is 3.92. The number of aliphatic carboxylic acids is 3. The second kappa shape index (κ2) is 27.4. The highest BCUT2D eigenvalue weighted by Gasteiger charge is 2.17. The lowest BCUT2D eigenvalue weighted by Crippen LogP contribution is -2.39. The fourth-order valence-corrected chi connectivity index (χ4v) is 1.72. The summed E-state index contributed by atoms with van der Waals surface area (Å²) in [6, 6.07) is -2.85. The molecule has 0 aliphatic rings. The number of carboxylic acid groups (broad SMARTS) is 3. The van der Waals surface area contributed by atoms with E-state index in [1.807, 2.05) is 0 Å². The Hall–Kier alpha value is -4.15. The van der Waals surface area contributed by atoms with Crippen LogP contribution in [0.15, 0.2) is 9.98 Å². The molecule has 0 bridgehead atoms. The summed E-state index contributed by atoms with van der Waals surface area (Å²) in [6.07, 6.45) is 0.822. The highest BCUT2D eigenvalue weighted by molar-refractivity contribution is 5.89. The third kappa shape index (κ3) is 35.9. The standard InChI is InChI=1S/C8H17N5O3.C6H14N4O2.C4H9NO3.C2H5NO2/c9-4-6(14)16-7(15)5(10)2-1-3-13-8(11)12;7-4(5(11)12)2-1-3-10-6(8)9;1-2(6)3(5)4(7)8;3-1-2(4)5/h5H,1-4,9-10H2,(H4,11,12,13);4H,1-3,7H2,(H,11,12)(H4,8,9,10);2-3,6H,5H2,1H3,(H,7,8);1,3H2,(H,4,5)/t5-;4-;2-,3+;/m001./s1. The summed E-state index contributed by atoms with van der Waals surface area (Å²) in [6.45, 7) is 1.49. The van der Waals surface area contributed by atoms with Crippen molar-refractivity contribution in [3.63, 3.8) is 0 Å². The van der Waals surface area contributed by atoms with Gasteiger partial charge in [-0.1, -0.05) is 0 Å². The Morgan fingerprint density at radius 3 is 1.37 bits per heavy atom. The lowest BCUT2D eigenvalue weighted by molar-refractivity contribution is -0.159. The van der Waals surface area contributed by atoms with Crippen LogP contribution in [0.25, 0.3) is 0 Å². The number of nitrogens with two attached hydrogens (primary N) is 9. The zero-order chi connectivity index (χ0) is 33.1. The smallest absolute Gasteiger partial charge is 0.330 e. The molecule has 0 rings (SSSR count). The molecule has 0 spiro atoms. The number of carboxylic acids is 3. The Labute approximate surface area is 236 Å². The van der Waals surface area contributed by atoms with Crippen molar-refractivity contribution in [1.29, 1.82) is 0 Å². The molecule has 0 aromatic heterocycles. The van der Waals surface area contributed by atoms with Crippen LogP contribution in [0.3, 0.4) is 0 Å². The molecule has 0 amide bonds. The number of carbonyl (C=O) groups is 5. The minimum absolute atomic E-state index is 0.0129. The number of guanidine groups is 2. The molecule has 0 saturated carbocycles. The van der Waals surface area contributed by atoms with Crippen LogP contribution in [-0.2, 0) is 28.7 Å². The molecule has 0 fully saturated rings. The van der Waals surface area contributed by atoms with E-state index in [4.69, 9.17) is 66.3 Å². The average Bonchev–Trinajstić information content (AvgIpc) is 2.88. The molecule has 21 nitrogen and oxygen atoms in total. The first kappa shape index (κ1) is 43.9. The van der Waals surface area contributed by atoms with Crippen molar-refractivity contribution in [2.45, 2.75) is 56.8 Å². The Bertz CT molecular complexity index is 833. The van der Waals surface area contributed by atoms with Crippen LogP contribution >= 0.6 is 0 Å². The van der Waals surface area contributed by atoms with Crippen molar-refractivity contribution in [3.8, 4) is 0 Å². The van der Waals surface area contributed by atoms with E-state index in [1.54, 1.807) is 0 Å². The number of aliphatic imine (C=N–C) groups is 2. The van der Waals surface area contributed by atoms with E-state index in [2.05, 4.69) is 20.5 Å². The van der Waals surface area contributed by atoms with Crippen molar-refractivity contribution < 1.29 is 49.1 Å². The van der Waals surface area contributed by atoms with E-state index in [-0.39, 0.29) is 25.0 Å². The number of esters is 2. The molecular formula is C20H45N11O10. The lowest BCUT2D eigenvalue weighted by Gasteiger charge is -2.08. The van der Waals surface area contributed by atoms with Gasteiger partial charge < -0.3 is 76.8 Å². The summed E-state index contributed by atoms with van der Waals surface area (Å²) in [5.41, 5.74) is 45.4. The topological polar surface area (TPSA) is 434 Å². The van der Waals surface area contributed by atoms with Gasteiger partial charge in [0.1, 0.15) is 18.1 Å². The van der Waals surface area contributed by atoms with Crippen molar-refractivity contribution in [3.05, 3.63) is 0 Å². The first-order valence-electron chi connectivity index (χ1n) is 11.7. The molecule has 41 heavy (non-hydrogen) atoms. The van der Waals surface area contributed by atoms with Gasteiger partial charge in [0.25, 0.3) is 0 Å². The van der Waals surface area contributed by atoms with Gasteiger partial charge in [-0.05, 0) is 32.6 Å². The van der Waals surface area contributed by atoms with Crippen LogP contribution in [0, 0.1) is 0 Å². The molecule has 21 heteroatoms. The average molecular weight is 600 g/mol. The van der Waals surface area contributed by atoms with Crippen LogP contribution in [0.2, 0.25) is 0 Å². The largest absolute Gasteiger partial charge is 0.480 e. The normalized spacial score (nSPS) is 12.4. The summed E-state index contributed by atoms with van der Waals surface area (Å²) in [7, 11) is 0. The van der Waals surface area contributed by atoms with Crippen molar-refractivity contribution in [2.75, 3.05) is 26.2 Å². The van der Waals surface area contributed by atoms with Crippen LogP contribution in [0.4, 0.5) is 0 Å². The number of aliphatic hydroxyl groups excluding tert-OH is 1. The number of ether oxygens (including phenoxy) is 1. The van der Waals surface area contributed by atoms with Gasteiger partial charge in [0.15, 0.2) is 11.9 Å². The van der Waals surface area contributed by atoms with E-state index in [0.29, 0.717) is 38.8 Å². The number of hydrogen-bond acceptors (Lipinski definition) is 14. The zero-order valence-corrected chi connectivity index (χ0v) is 22.8. The van der Waals surface area contributed by atoms with Gasteiger partial charge in [0, 0.05) is 13.1 Å². The Balaban J connectivity index is -0.000000241. The fourth-order valence-electron chi connectivity index (χ4n) is 1.72. The predicted molar refractivity (Wildman–Crippen MR) is 148 cm³/mol. The molecule has 0 aliphatic carbocycles. The maximum absolute atomic E-state index is 11.1. The van der Waals surface area contributed by atoms with Gasteiger partial charge in [-0.3, -0.25) is 29.2 Å². The molecule has 0 radical (unpaired) electrons. The molecule has 0 heterocycles. The third-order valence-corrected chi connectivity index (χ3v) is 3.92. The Morgan fingerprint density at radius 2 is 1.12 bits per heavy atom. The van der Waals surface area contributed by atoms with E-state index in [0.717, 1.165) is 0 Å². The van der Waals surface area contributed by atoms with Crippen molar-refractivity contribution >= 4 is 41.8 Å². The van der Waals surface area contributed by atoms with E-state index >= 15 is 0 Å². The number of hydrogen-bond donors (Lipinski definition) is 13. The summed E-state index contributed by atoms with van der Waals surface area (Å²) in [5, 5.41) is 32.5. The summed E-state index contributed by atoms with van der Waals surface area (Å²) < 4.78 is 4.33. The van der Waals surface area contributed by atoms with Gasteiger partial charge in [0.2, 0.25) is 0 Å². The number of carbonyl (C=O) groups excluding carboxylic acids is 2. The SMILES string of the molecule is C[C@@H](O)[C@H](N)C(=O)O.NC(N)=NCCC[C@H](N)C(=O)O.NCC(=O)O.NCC(=O)OC(=O)[C@@H](N)CCCN=C(N)N. The maximum Gasteiger partial charge on any atom is 0.330 e. The molecule has 4 atom stereocenters. The summed E-state index contributed by atoms with van der Waals surface area (Å²) in [5.74, 6) is -4.75. The number of rotatable bonds is 14. The van der Waals surface area contributed by atoms with Crippen molar-refractivity contribution in [1.82, 2.24) is 0 Å². The van der Waals surface area contributed by atoms with E-state index in [9.17, 15) is 24.0 Å². The molecule has 0 saturated heterocycles. The van der Waals surface area contributed by atoms with E-state index < -0.39 is 54.1 Å². The predicted octanol–water partition coefficient (Wildman–Crippen LogP) is -6.34. The second-order valence-corrected chi connectivity index (χ2v) is 7.65. The minimum Gasteiger partial charge on any atom is -0.480 e. The number of aliphatic hydroxyl groups is 1. The van der Waals surface area contributed by atoms with E-state index in [1.165, 1.54) is 6.92 Å². The first-order valence-corrected chi connectivity index (χ1v) is 11.7. The van der Waals surface area contributed by atoms with Crippen molar-refractivity contribution in [2.24, 2.45) is 61.6 Å². The number of nitrogens with zero attached hydrogens (tertiary/aromatic N) is 2. The Morgan fingerprint density at radius 1 is 0.732 bits per heavy atom. The van der Waals surface area contributed by atoms with Gasteiger partial charge in [0.05, 0.1) is 19.2 Å². The van der Waals surface area contributed by atoms with Gasteiger partial charge in [-0.25, -0.2) is 4.79 Å². The monoisotopic (exact) mass is 599 g/mol. The van der Waals surface area contributed by atoms with Gasteiger partial charge in [-0.2, -0.15) is 0 Å². The molecule has 0 unspecified atom stereocenters. The highest BCUT2D eigenvalue weighted by Crippen LogP contribution is 1.98. The Kier molecular flexibility index (Phi) is 29.3.